The Hall–Kier alpha value is -2.10. The summed E-state index contributed by atoms with van der Waals surface area (Å²) in [6, 6.07) is 0. The number of hydrogen-bond donors (Lipinski definition) is 0. The molecule has 5 atom stereocenters. The van der Waals surface area contributed by atoms with Gasteiger partial charge in [0.25, 0.3) is 0 Å². The lowest BCUT2D eigenvalue weighted by molar-refractivity contribution is -0.135. The highest BCUT2D eigenvalue weighted by Gasteiger charge is 2.66. The van der Waals surface area contributed by atoms with Gasteiger partial charge in [-0.1, -0.05) is 46.6 Å². The minimum Gasteiger partial charge on any atom is -0.427 e. The molecule has 0 N–H and O–H groups in total. The maximum atomic E-state index is 13.3. The van der Waals surface area contributed by atoms with Gasteiger partial charge in [0, 0.05) is 22.6 Å². The van der Waals surface area contributed by atoms with Crippen molar-refractivity contribution >= 4 is 11.9 Å². The molecule has 1 spiro atoms. The molecule has 0 unspecified atom stereocenters. The molecular formula is C29H38O4. The molecule has 6 rings (SSSR count). The van der Waals surface area contributed by atoms with Crippen LogP contribution in [0.5, 0.6) is 0 Å². The zero-order valence-corrected chi connectivity index (χ0v) is 20.6. The lowest BCUT2D eigenvalue weighted by Crippen LogP contribution is -2.50. The molecule has 2 bridgehead atoms. The van der Waals surface area contributed by atoms with Crippen molar-refractivity contribution in [1.29, 1.82) is 0 Å². The number of ether oxygens (including phenoxy) is 2. The highest BCUT2D eigenvalue weighted by Crippen LogP contribution is 2.68. The number of unbranched alkanes of at least 4 members (excludes halogenated alkanes) is 1. The first kappa shape index (κ1) is 22.7. The van der Waals surface area contributed by atoms with Crippen LogP contribution < -0.4 is 0 Å². The Balaban J connectivity index is 1.61. The molecule has 1 saturated carbocycles. The zero-order chi connectivity index (χ0) is 23.3. The Morgan fingerprint density at radius 2 is 1.94 bits per heavy atom. The maximum Gasteiger partial charge on any atom is 0.340 e. The van der Waals surface area contributed by atoms with Gasteiger partial charge in [-0.25, -0.2) is 9.59 Å². The minimum absolute atomic E-state index is 0.000307. The molecule has 178 valence electrons. The van der Waals surface area contributed by atoms with Crippen molar-refractivity contribution in [3.05, 3.63) is 46.5 Å². The molecule has 2 aliphatic heterocycles. The van der Waals surface area contributed by atoms with E-state index in [9.17, 15) is 9.59 Å². The lowest BCUT2D eigenvalue weighted by Gasteiger charge is -2.54. The summed E-state index contributed by atoms with van der Waals surface area (Å²) in [6.45, 7) is 8.87. The molecule has 2 heterocycles. The number of cyclic esters (lactones) is 2. The van der Waals surface area contributed by atoms with Crippen LogP contribution in [0.15, 0.2) is 46.5 Å². The standard InChI is InChI=1S/C29H38O4/c1-5-7-8-23-21-12-11-20-19-13-14-29(26(20)25(21)28(31)32-23)22(16-19)27(30)33-24(29)15-18(6-2)10-9-17(3)4/h8,15-20,26H,5-7,9-14H2,1-4H3/b23-8-,24-15?/t18-,19+,20+,26-,29-/m1/s1. The summed E-state index contributed by atoms with van der Waals surface area (Å²) in [7, 11) is 0. The Kier molecular flexibility index (Phi) is 5.91. The third kappa shape index (κ3) is 3.47. The van der Waals surface area contributed by atoms with Gasteiger partial charge in [-0.15, -0.1) is 0 Å². The lowest BCUT2D eigenvalue weighted by atomic mass is 9.46. The molecule has 0 aromatic rings. The first-order valence-electron chi connectivity index (χ1n) is 13.2. The largest absolute Gasteiger partial charge is 0.427 e. The minimum atomic E-state index is -0.484. The summed E-state index contributed by atoms with van der Waals surface area (Å²) in [6.07, 6.45) is 15.7. The fourth-order valence-electron chi connectivity index (χ4n) is 7.14. The van der Waals surface area contributed by atoms with Crippen LogP contribution in [0.2, 0.25) is 0 Å². The fraction of sp³-hybridized carbons (Fsp3) is 0.655. The van der Waals surface area contributed by atoms with E-state index in [4.69, 9.17) is 9.47 Å². The van der Waals surface area contributed by atoms with Crippen molar-refractivity contribution in [2.75, 3.05) is 0 Å². The van der Waals surface area contributed by atoms with Crippen LogP contribution in [0.25, 0.3) is 0 Å². The van der Waals surface area contributed by atoms with Crippen LogP contribution in [-0.4, -0.2) is 11.9 Å². The van der Waals surface area contributed by atoms with E-state index >= 15 is 0 Å². The van der Waals surface area contributed by atoms with Crippen molar-refractivity contribution < 1.29 is 19.1 Å². The van der Waals surface area contributed by atoms with Gasteiger partial charge in [-0.3, -0.25) is 0 Å². The van der Waals surface area contributed by atoms with E-state index in [0.29, 0.717) is 23.7 Å². The summed E-state index contributed by atoms with van der Waals surface area (Å²) < 4.78 is 11.9. The van der Waals surface area contributed by atoms with E-state index in [2.05, 4.69) is 45.9 Å². The quantitative estimate of drug-likeness (QED) is 0.401. The number of fused-ring (bicyclic) bond motifs is 1. The number of rotatable bonds is 7. The second-order valence-corrected chi connectivity index (χ2v) is 11.1. The third-order valence-corrected chi connectivity index (χ3v) is 8.83. The molecular weight excluding hydrogens is 412 g/mol. The fourth-order valence-corrected chi connectivity index (χ4v) is 7.14. The SMILES string of the molecule is CCC/C=C1\OC(=O)C2=C1CC[C@H]1[C@@H]3C=C4C(=O)OC(=C[C@H](CC)CCC(C)C)[C@]4(CC3)[C@@H]21. The summed E-state index contributed by atoms with van der Waals surface area (Å²) in [4.78, 5) is 26.4. The molecule has 4 nitrogen and oxygen atoms in total. The Morgan fingerprint density at radius 1 is 1.12 bits per heavy atom. The first-order chi connectivity index (χ1) is 15.9. The summed E-state index contributed by atoms with van der Waals surface area (Å²) in [5.74, 6) is 3.00. The van der Waals surface area contributed by atoms with Crippen molar-refractivity contribution in [3.63, 3.8) is 0 Å². The second-order valence-electron chi connectivity index (χ2n) is 11.1. The van der Waals surface area contributed by atoms with E-state index in [1.54, 1.807) is 0 Å². The molecule has 0 aromatic heterocycles. The molecule has 6 aliphatic rings. The van der Waals surface area contributed by atoms with Gasteiger partial charge in [-0.05, 0) is 80.8 Å². The van der Waals surface area contributed by atoms with Gasteiger partial charge < -0.3 is 9.47 Å². The second kappa shape index (κ2) is 8.60. The molecule has 0 radical (unpaired) electrons. The van der Waals surface area contributed by atoms with Crippen LogP contribution >= 0.6 is 0 Å². The highest BCUT2D eigenvalue weighted by molar-refractivity contribution is 5.99. The van der Waals surface area contributed by atoms with E-state index in [-0.39, 0.29) is 17.9 Å². The van der Waals surface area contributed by atoms with Gasteiger partial charge in [0.1, 0.15) is 11.5 Å². The first-order valence-corrected chi connectivity index (χ1v) is 13.2. The van der Waals surface area contributed by atoms with Gasteiger partial charge in [0.05, 0.1) is 5.41 Å². The average molecular weight is 451 g/mol. The van der Waals surface area contributed by atoms with Crippen LogP contribution in [0, 0.1) is 35.0 Å². The summed E-state index contributed by atoms with van der Waals surface area (Å²) in [5.41, 5.74) is 2.28. The van der Waals surface area contributed by atoms with Gasteiger partial charge >= 0.3 is 11.9 Å². The van der Waals surface area contributed by atoms with Crippen LogP contribution in [-0.2, 0) is 19.1 Å². The molecule has 0 aromatic carbocycles. The Morgan fingerprint density at radius 3 is 2.67 bits per heavy atom. The van der Waals surface area contributed by atoms with E-state index < -0.39 is 5.41 Å². The molecule has 33 heavy (non-hydrogen) atoms. The topological polar surface area (TPSA) is 52.6 Å². The van der Waals surface area contributed by atoms with Crippen molar-refractivity contribution in [2.24, 2.45) is 35.0 Å². The van der Waals surface area contributed by atoms with Crippen LogP contribution in [0.1, 0.15) is 85.5 Å². The predicted octanol–water partition coefficient (Wildman–Crippen LogP) is 6.79. The van der Waals surface area contributed by atoms with Crippen molar-refractivity contribution in [3.8, 4) is 0 Å². The Bertz CT molecular complexity index is 978. The van der Waals surface area contributed by atoms with E-state index in [1.165, 1.54) is 0 Å². The predicted molar refractivity (Wildman–Crippen MR) is 128 cm³/mol. The monoisotopic (exact) mass is 450 g/mol. The van der Waals surface area contributed by atoms with Crippen molar-refractivity contribution in [1.82, 2.24) is 0 Å². The number of hydrogen-bond acceptors (Lipinski definition) is 4. The van der Waals surface area contributed by atoms with Gasteiger partial charge in [0.15, 0.2) is 0 Å². The molecule has 0 amide bonds. The summed E-state index contributed by atoms with van der Waals surface area (Å²) in [5, 5.41) is 0. The highest BCUT2D eigenvalue weighted by atomic mass is 16.5. The number of esters is 2. The smallest absolute Gasteiger partial charge is 0.340 e. The number of carbonyl (C=O) groups is 2. The van der Waals surface area contributed by atoms with Gasteiger partial charge in [0.2, 0.25) is 0 Å². The summed E-state index contributed by atoms with van der Waals surface area (Å²) >= 11 is 0. The van der Waals surface area contributed by atoms with Crippen molar-refractivity contribution in [2.45, 2.75) is 85.5 Å². The van der Waals surface area contributed by atoms with E-state index in [0.717, 1.165) is 86.0 Å². The third-order valence-electron chi connectivity index (χ3n) is 8.83. The molecule has 4 aliphatic carbocycles. The van der Waals surface area contributed by atoms with E-state index in [1.807, 2.05) is 0 Å². The Labute approximate surface area is 198 Å². The zero-order valence-electron chi connectivity index (χ0n) is 20.6. The molecule has 4 heteroatoms. The number of carbonyl (C=O) groups excluding carboxylic acids is 2. The average Bonchev–Trinajstić information content (AvgIpc) is 3.29. The number of allylic oxidation sites excluding steroid dienone is 5. The van der Waals surface area contributed by atoms with Crippen LogP contribution in [0.4, 0.5) is 0 Å². The van der Waals surface area contributed by atoms with Crippen LogP contribution in [0.3, 0.4) is 0 Å². The normalized spacial score (nSPS) is 35.5. The molecule has 1 saturated heterocycles. The maximum absolute atomic E-state index is 13.3. The molecule has 2 fully saturated rings. The van der Waals surface area contributed by atoms with Gasteiger partial charge in [-0.2, -0.15) is 0 Å².